The minimum Gasteiger partial charge on any atom is -0.456 e. The Bertz CT molecular complexity index is 9550. The maximum Gasteiger partial charge on any atom is 0.137 e. The number of hydrogen-bond acceptors (Lipinski definition) is 4. The zero-order chi connectivity index (χ0) is 84.6. The summed E-state index contributed by atoms with van der Waals surface area (Å²) in [6.45, 7) is 4.70. The maximum atomic E-state index is 6.27. The van der Waals surface area contributed by atoms with Crippen LogP contribution in [0.3, 0.4) is 0 Å². The number of rotatable bonds is 10. The predicted octanol–water partition coefficient (Wildman–Crippen LogP) is 33.6. The quantitative estimate of drug-likeness (QED) is 0.101. The molecule has 1 aliphatic carbocycles. The van der Waals surface area contributed by atoms with E-state index in [1.807, 2.05) is 24.4 Å². The maximum absolute atomic E-state index is 6.27. The van der Waals surface area contributed by atoms with Gasteiger partial charge in [-0.1, -0.05) is 281 Å². The van der Waals surface area contributed by atoms with Crippen LogP contribution < -0.4 is 9.80 Å². The van der Waals surface area contributed by atoms with Crippen molar-refractivity contribution in [3.63, 3.8) is 0 Å². The van der Waals surface area contributed by atoms with Crippen LogP contribution >= 0.6 is 0 Å². The number of fused-ring (bicyclic) bond motifs is 9. The largest absolute Gasteiger partial charge is 0.456 e. The van der Waals surface area contributed by atoms with Gasteiger partial charge in [0, 0.05) is 116 Å². The molecule has 600 valence electrons. The summed E-state index contributed by atoms with van der Waals surface area (Å²) in [5, 5.41) is 34.2. The average Bonchev–Trinajstić information content (AvgIpc) is 1.58. The molecular weight excluding hydrogens is 1570 g/mol. The number of nitrogens with zero attached hydrogens (tertiary/aromatic N) is 6. The van der Waals surface area contributed by atoms with Gasteiger partial charge in [0.15, 0.2) is 0 Å². The van der Waals surface area contributed by atoms with E-state index >= 15 is 0 Å². The Morgan fingerprint density at radius 2 is 0.620 bits per heavy atom. The zero-order valence-corrected chi connectivity index (χ0v) is 70.5. The van der Waals surface area contributed by atoms with Crippen molar-refractivity contribution in [1.29, 1.82) is 0 Å². The van der Waals surface area contributed by atoms with Gasteiger partial charge < -0.3 is 23.4 Å². The second kappa shape index (κ2) is 27.1. The molecule has 30 rings (SSSR count). The normalized spacial score (nSPS) is 12.8. The van der Waals surface area contributed by atoms with Crippen molar-refractivity contribution in [2.45, 2.75) is 19.3 Å². The molecule has 24 aromatic carbocycles. The zero-order valence-electron chi connectivity index (χ0n) is 70.5. The highest BCUT2D eigenvalue weighted by Crippen LogP contribution is 2.55. The molecule has 0 amide bonds. The van der Waals surface area contributed by atoms with Crippen molar-refractivity contribution in [2.75, 3.05) is 9.80 Å². The van der Waals surface area contributed by atoms with Crippen molar-refractivity contribution in [1.82, 2.24) is 18.7 Å². The fourth-order valence-corrected chi connectivity index (χ4v) is 23.0. The van der Waals surface area contributed by atoms with Gasteiger partial charge in [0.1, 0.15) is 17.0 Å². The van der Waals surface area contributed by atoms with Crippen LogP contribution in [-0.4, -0.2) is 18.7 Å². The lowest BCUT2D eigenvalue weighted by Gasteiger charge is -2.28. The molecule has 29 aromatic rings. The van der Waals surface area contributed by atoms with Crippen LogP contribution in [0.25, 0.3) is 224 Å². The van der Waals surface area contributed by atoms with Gasteiger partial charge in [-0.25, -0.2) is 4.98 Å². The minimum atomic E-state index is -0.0668. The number of aromatic nitrogens is 4. The molecule has 0 spiro atoms. The van der Waals surface area contributed by atoms with E-state index in [-0.39, 0.29) is 5.41 Å². The SMILES string of the molecule is CC1(C)c2ccccc2-c2ccc(N(c3ccccc3)c3ccc(-n4c5cccc6c7cccc8ccc9ccc4c(c9c87)c65)cc3)cc21.c1ccc(-c2cccc(N(c3cccc(-n4c5cccc6c7cccc8ccc9ccc4c(c9c87)c65)c3)c3ccc4oc5ccccc5c4c3)c2)cc1.c1ccc(-n2c3cccc4c5cccc6ccc7ccc2c(c7c65)c43)nc1. The van der Waals surface area contributed by atoms with Gasteiger partial charge in [0.2, 0.25) is 0 Å². The molecule has 0 unspecified atom stereocenters. The molecule has 7 heteroatoms. The lowest BCUT2D eigenvalue weighted by atomic mass is 9.82. The van der Waals surface area contributed by atoms with Gasteiger partial charge >= 0.3 is 0 Å². The second-order valence-electron chi connectivity index (χ2n) is 35.5. The van der Waals surface area contributed by atoms with Crippen molar-refractivity contribution < 1.29 is 4.42 Å². The molecule has 5 aromatic heterocycles. The fourth-order valence-electron chi connectivity index (χ4n) is 23.0. The van der Waals surface area contributed by atoms with E-state index in [2.05, 4.69) is 443 Å². The lowest BCUT2D eigenvalue weighted by Crippen LogP contribution is -2.16. The number of benzene rings is 24. The van der Waals surface area contributed by atoms with Gasteiger partial charge in [-0.15, -0.1) is 0 Å². The highest BCUT2D eigenvalue weighted by atomic mass is 16.3. The third kappa shape index (κ3) is 10.3. The molecule has 0 radical (unpaired) electrons. The van der Waals surface area contributed by atoms with Crippen LogP contribution in [0.2, 0.25) is 0 Å². The molecule has 1 aliphatic rings. The first kappa shape index (κ1) is 71.5. The molecule has 0 fully saturated rings. The predicted molar refractivity (Wildman–Crippen MR) is 544 cm³/mol. The summed E-state index contributed by atoms with van der Waals surface area (Å²) in [6.07, 6.45) is 1.87. The Morgan fingerprint density at radius 1 is 0.225 bits per heavy atom. The lowest BCUT2D eigenvalue weighted by molar-refractivity contribution is 0.660. The molecule has 0 saturated heterocycles. The molecule has 0 saturated carbocycles. The Hall–Kier alpha value is -16.9. The summed E-state index contributed by atoms with van der Waals surface area (Å²) in [4.78, 5) is 9.42. The van der Waals surface area contributed by atoms with Gasteiger partial charge in [0.25, 0.3) is 0 Å². The van der Waals surface area contributed by atoms with E-state index in [0.717, 1.165) is 67.6 Å². The molecule has 0 N–H and O–H groups in total. The minimum absolute atomic E-state index is 0.0668. The number of hydrogen-bond donors (Lipinski definition) is 0. The first-order valence-corrected chi connectivity index (χ1v) is 44.6. The Balaban J connectivity index is 0.000000102. The molecule has 129 heavy (non-hydrogen) atoms. The molecule has 7 nitrogen and oxygen atoms in total. The average molecular weight is 1640 g/mol. The monoisotopic (exact) mass is 1640 g/mol. The topological polar surface area (TPSA) is 47.3 Å². The van der Waals surface area contributed by atoms with Gasteiger partial charge in [0.05, 0.1) is 33.1 Å². The van der Waals surface area contributed by atoms with E-state index in [1.165, 1.54) is 201 Å². The van der Waals surface area contributed by atoms with Crippen LogP contribution in [0.4, 0.5) is 34.1 Å². The molecule has 5 heterocycles. The smallest absolute Gasteiger partial charge is 0.137 e. The summed E-state index contributed by atoms with van der Waals surface area (Å²) in [6, 6.07) is 153. The summed E-state index contributed by atoms with van der Waals surface area (Å²) >= 11 is 0. The summed E-state index contributed by atoms with van der Waals surface area (Å²) < 4.78 is 13.5. The van der Waals surface area contributed by atoms with Crippen LogP contribution in [0, 0.1) is 0 Å². The standard InChI is InChI=1S/C50H30N2O.C47H32N2.C25H14N2/c1-2-10-31(11-3-1)34-13-6-14-35(28-34)51(38-25-27-46-42(30-38)39-17-4-5-21-45(39)53-46)36-15-8-16-37(29-36)52-43-20-9-19-41-40-18-7-12-32-22-23-33-24-26-44(52)50(49(41)43)48(33)47(32)40;1-47(2)39-16-7-6-13-35(39)36-26-25-34(28-40(36)47)48(31-11-4-3-5-12-31)32-21-23-33(24-22-32)49-41-17-9-15-38-37-14-8-10-29-18-19-30-20-27-42(49)46(45(38)41)44(30)43(29)37;1-2-14-26-21(9-1)27-19-8-4-7-18-17-6-3-5-15-10-11-16-12-13-20(27)25(24(18)19)23(16)22(15)17/h1-30H;3-28H,1-2H3;1-14H. The van der Waals surface area contributed by atoms with E-state index in [9.17, 15) is 0 Å². The van der Waals surface area contributed by atoms with Crippen molar-refractivity contribution in [2.24, 2.45) is 0 Å². The molecule has 0 atom stereocenters. The van der Waals surface area contributed by atoms with E-state index in [0.29, 0.717) is 0 Å². The number of furan rings is 1. The van der Waals surface area contributed by atoms with E-state index in [1.54, 1.807) is 0 Å². The summed E-state index contributed by atoms with van der Waals surface area (Å²) in [7, 11) is 0. The Kier molecular flexibility index (Phi) is 15.0. The number of para-hydroxylation sites is 2. The van der Waals surface area contributed by atoms with Crippen molar-refractivity contribution in [3.05, 3.63) is 436 Å². The molecule has 0 aliphatic heterocycles. The number of anilines is 6. The second-order valence-corrected chi connectivity index (χ2v) is 35.5. The summed E-state index contributed by atoms with van der Waals surface area (Å²) in [5.74, 6) is 0.965. The first-order chi connectivity index (χ1) is 63.8. The van der Waals surface area contributed by atoms with Crippen LogP contribution in [0.1, 0.15) is 25.0 Å². The highest BCUT2D eigenvalue weighted by Gasteiger charge is 2.37. The van der Waals surface area contributed by atoms with Crippen LogP contribution in [0.5, 0.6) is 0 Å². The van der Waals surface area contributed by atoms with Crippen molar-refractivity contribution >= 4 is 218 Å². The van der Waals surface area contributed by atoms with Crippen LogP contribution in [0.15, 0.2) is 429 Å². The van der Waals surface area contributed by atoms with Gasteiger partial charge in [-0.3, -0.25) is 4.57 Å². The first-order valence-electron chi connectivity index (χ1n) is 44.6. The Labute approximate surface area is 740 Å². The Morgan fingerprint density at radius 3 is 1.22 bits per heavy atom. The van der Waals surface area contributed by atoms with Crippen LogP contribution in [-0.2, 0) is 5.41 Å². The third-order valence-corrected chi connectivity index (χ3v) is 28.5. The number of pyridine rings is 1. The summed E-state index contributed by atoms with van der Waals surface area (Å²) in [5.41, 5.74) is 25.9. The third-order valence-electron chi connectivity index (χ3n) is 28.5. The van der Waals surface area contributed by atoms with Gasteiger partial charge in [-0.2, -0.15) is 0 Å². The fraction of sp³-hybridized carbons (Fsp3) is 0.0246. The molecular formula is C122H76N6O. The van der Waals surface area contributed by atoms with Crippen molar-refractivity contribution in [3.8, 4) is 39.4 Å². The molecule has 0 bridgehead atoms. The van der Waals surface area contributed by atoms with E-state index in [4.69, 9.17) is 4.42 Å². The van der Waals surface area contributed by atoms with E-state index < -0.39 is 0 Å². The highest BCUT2D eigenvalue weighted by molar-refractivity contribution is 6.43. The van der Waals surface area contributed by atoms with Gasteiger partial charge in [-0.05, 0) is 266 Å².